The SMILES string of the molecule is COc1ccc2c(Oc3ccc(C[C@@H](CO)N(Cc4ccccc4)C[C@H](O)c4ccc(OCc5ccccc5)c(N)c4)cc3)ccnc2c1. The molecule has 0 bridgehead atoms. The maximum absolute atomic E-state index is 11.4. The molecule has 250 valence electrons. The second kappa shape index (κ2) is 16.1. The Morgan fingerprint density at radius 2 is 1.47 bits per heavy atom. The van der Waals surface area contributed by atoms with E-state index >= 15 is 0 Å². The Balaban J connectivity index is 1.15. The van der Waals surface area contributed by atoms with Gasteiger partial charge >= 0.3 is 0 Å². The number of anilines is 1. The van der Waals surface area contributed by atoms with Crippen molar-refractivity contribution in [1.82, 2.24) is 9.88 Å². The average Bonchev–Trinajstić information content (AvgIpc) is 3.14. The lowest BCUT2D eigenvalue weighted by Crippen LogP contribution is -2.41. The van der Waals surface area contributed by atoms with Gasteiger partial charge in [0.15, 0.2) is 0 Å². The van der Waals surface area contributed by atoms with Gasteiger partial charge < -0.3 is 30.2 Å². The summed E-state index contributed by atoms with van der Waals surface area (Å²) in [5.74, 6) is 2.70. The van der Waals surface area contributed by atoms with Crippen molar-refractivity contribution in [3.05, 3.63) is 156 Å². The van der Waals surface area contributed by atoms with E-state index in [9.17, 15) is 10.2 Å². The summed E-state index contributed by atoms with van der Waals surface area (Å²) >= 11 is 0. The van der Waals surface area contributed by atoms with Crippen LogP contribution >= 0.6 is 0 Å². The van der Waals surface area contributed by atoms with Gasteiger partial charge in [-0.2, -0.15) is 0 Å². The summed E-state index contributed by atoms with van der Waals surface area (Å²) in [5.41, 5.74) is 11.5. The van der Waals surface area contributed by atoms with E-state index in [1.54, 1.807) is 25.4 Å². The molecule has 0 amide bonds. The summed E-state index contributed by atoms with van der Waals surface area (Å²) in [7, 11) is 1.63. The fraction of sp³-hybridized carbons (Fsp3) is 0.195. The number of aliphatic hydroxyl groups excluding tert-OH is 2. The minimum atomic E-state index is -0.839. The monoisotopic (exact) mass is 655 g/mol. The second-order valence-corrected chi connectivity index (χ2v) is 12.0. The van der Waals surface area contributed by atoms with Gasteiger partial charge in [-0.15, -0.1) is 0 Å². The van der Waals surface area contributed by atoms with Gasteiger partial charge in [-0.05, 0) is 71.1 Å². The molecule has 8 nitrogen and oxygen atoms in total. The molecule has 1 aromatic heterocycles. The van der Waals surface area contributed by atoms with E-state index in [1.165, 1.54) is 0 Å². The average molecular weight is 656 g/mol. The minimum Gasteiger partial charge on any atom is -0.497 e. The molecule has 4 N–H and O–H groups in total. The number of rotatable bonds is 15. The Morgan fingerprint density at radius 3 is 2.16 bits per heavy atom. The van der Waals surface area contributed by atoms with Crippen LogP contribution in [-0.2, 0) is 19.6 Å². The van der Waals surface area contributed by atoms with Crippen LogP contribution in [0.2, 0.25) is 0 Å². The van der Waals surface area contributed by atoms with Crippen LogP contribution in [0.5, 0.6) is 23.0 Å². The molecule has 0 saturated heterocycles. The van der Waals surface area contributed by atoms with Crippen molar-refractivity contribution in [3.63, 3.8) is 0 Å². The fourth-order valence-corrected chi connectivity index (χ4v) is 5.85. The van der Waals surface area contributed by atoms with Gasteiger partial charge in [0.1, 0.15) is 29.6 Å². The number of nitrogens with zero attached hydrogens (tertiary/aromatic N) is 2. The fourth-order valence-electron chi connectivity index (χ4n) is 5.85. The van der Waals surface area contributed by atoms with Crippen molar-refractivity contribution >= 4 is 16.6 Å². The zero-order chi connectivity index (χ0) is 34.0. The largest absolute Gasteiger partial charge is 0.497 e. The van der Waals surface area contributed by atoms with Crippen molar-refractivity contribution < 1.29 is 24.4 Å². The number of methoxy groups -OCH3 is 1. The number of hydrogen-bond donors (Lipinski definition) is 3. The van der Waals surface area contributed by atoms with Crippen molar-refractivity contribution in [1.29, 1.82) is 0 Å². The number of nitrogen functional groups attached to an aromatic ring is 1. The molecule has 5 aromatic carbocycles. The van der Waals surface area contributed by atoms with E-state index in [-0.39, 0.29) is 12.6 Å². The van der Waals surface area contributed by atoms with E-state index in [4.69, 9.17) is 19.9 Å². The van der Waals surface area contributed by atoms with Gasteiger partial charge in [0.25, 0.3) is 0 Å². The topological polar surface area (TPSA) is 110 Å². The Bertz CT molecular complexity index is 1940. The van der Waals surface area contributed by atoms with Crippen LogP contribution in [0.15, 0.2) is 134 Å². The van der Waals surface area contributed by atoms with E-state index < -0.39 is 6.10 Å². The normalized spacial score (nSPS) is 12.5. The smallest absolute Gasteiger partial charge is 0.142 e. The molecule has 0 aliphatic heterocycles. The first-order valence-electron chi connectivity index (χ1n) is 16.3. The number of nitrogens with two attached hydrogens (primary N) is 1. The molecule has 6 rings (SSSR count). The van der Waals surface area contributed by atoms with Crippen molar-refractivity contribution in [2.24, 2.45) is 0 Å². The summed E-state index contributed by atoms with van der Waals surface area (Å²) < 4.78 is 17.5. The van der Waals surface area contributed by atoms with E-state index in [1.807, 2.05) is 103 Å². The van der Waals surface area contributed by atoms with Crippen LogP contribution < -0.4 is 19.9 Å². The van der Waals surface area contributed by atoms with E-state index in [0.29, 0.717) is 54.6 Å². The third-order valence-corrected chi connectivity index (χ3v) is 8.55. The summed E-state index contributed by atoms with van der Waals surface area (Å²) in [6, 6.07) is 40.5. The highest BCUT2D eigenvalue weighted by Crippen LogP contribution is 2.32. The zero-order valence-corrected chi connectivity index (χ0v) is 27.5. The second-order valence-electron chi connectivity index (χ2n) is 12.0. The molecule has 2 atom stereocenters. The highest BCUT2D eigenvalue weighted by molar-refractivity contribution is 5.86. The molecule has 6 aromatic rings. The molecule has 49 heavy (non-hydrogen) atoms. The molecular weight excluding hydrogens is 614 g/mol. The van der Waals surface area contributed by atoms with Gasteiger partial charge in [-0.1, -0.05) is 78.9 Å². The van der Waals surface area contributed by atoms with Gasteiger partial charge in [0.2, 0.25) is 0 Å². The first kappa shape index (κ1) is 33.5. The van der Waals surface area contributed by atoms with Crippen LogP contribution in [0.1, 0.15) is 28.4 Å². The highest BCUT2D eigenvalue weighted by Gasteiger charge is 2.23. The van der Waals surface area contributed by atoms with Crippen LogP contribution in [0.4, 0.5) is 5.69 Å². The third-order valence-electron chi connectivity index (χ3n) is 8.55. The van der Waals surface area contributed by atoms with Crippen molar-refractivity contribution in [2.45, 2.75) is 31.7 Å². The quantitative estimate of drug-likeness (QED) is 0.0987. The maximum Gasteiger partial charge on any atom is 0.142 e. The Kier molecular flexibility index (Phi) is 11.0. The number of hydrogen-bond acceptors (Lipinski definition) is 8. The Hall–Kier alpha value is -5.41. The molecule has 0 radical (unpaired) electrons. The predicted octanol–water partition coefficient (Wildman–Crippen LogP) is 7.34. The lowest BCUT2D eigenvalue weighted by Gasteiger charge is -2.33. The number of benzene rings is 5. The molecule has 0 unspecified atom stereocenters. The van der Waals surface area contributed by atoms with Crippen LogP contribution in [0, 0.1) is 0 Å². The first-order valence-corrected chi connectivity index (χ1v) is 16.3. The molecule has 8 heteroatoms. The molecular formula is C41H41N3O5. The summed E-state index contributed by atoms with van der Waals surface area (Å²) in [4.78, 5) is 6.57. The molecule has 0 fully saturated rings. The molecule has 0 saturated carbocycles. The number of fused-ring (bicyclic) bond motifs is 1. The lowest BCUT2D eigenvalue weighted by molar-refractivity contribution is 0.0566. The van der Waals surface area contributed by atoms with Gasteiger partial charge in [-0.25, -0.2) is 0 Å². The van der Waals surface area contributed by atoms with Crippen molar-refractivity contribution in [3.8, 4) is 23.0 Å². The number of aromatic nitrogens is 1. The predicted molar refractivity (Wildman–Crippen MR) is 193 cm³/mol. The van der Waals surface area contributed by atoms with E-state index in [0.717, 1.165) is 33.3 Å². The first-order chi connectivity index (χ1) is 24.0. The molecule has 1 heterocycles. The summed E-state index contributed by atoms with van der Waals surface area (Å²) in [5, 5.41) is 23.0. The van der Waals surface area contributed by atoms with Crippen LogP contribution in [0.25, 0.3) is 10.9 Å². The maximum atomic E-state index is 11.4. The molecule has 0 aliphatic rings. The van der Waals surface area contributed by atoms with Crippen molar-refractivity contribution in [2.75, 3.05) is 26.0 Å². The minimum absolute atomic E-state index is 0.0846. The van der Waals surface area contributed by atoms with Crippen LogP contribution in [-0.4, -0.2) is 46.4 Å². The third kappa shape index (κ3) is 8.74. The lowest BCUT2D eigenvalue weighted by atomic mass is 10.0. The number of pyridine rings is 1. The zero-order valence-electron chi connectivity index (χ0n) is 27.5. The molecule has 0 aliphatic carbocycles. The van der Waals surface area contributed by atoms with Crippen LogP contribution in [0.3, 0.4) is 0 Å². The van der Waals surface area contributed by atoms with Gasteiger partial charge in [0, 0.05) is 36.8 Å². The number of aliphatic hydroxyl groups is 2. The summed E-state index contributed by atoms with van der Waals surface area (Å²) in [6.45, 7) is 1.17. The van der Waals surface area contributed by atoms with E-state index in [2.05, 4.69) is 22.0 Å². The Morgan fingerprint density at radius 1 is 0.755 bits per heavy atom. The van der Waals surface area contributed by atoms with Gasteiger partial charge in [0.05, 0.1) is 31.0 Å². The highest BCUT2D eigenvalue weighted by atomic mass is 16.5. The molecule has 0 spiro atoms. The Labute approximate surface area is 287 Å². The van der Waals surface area contributed by atoms with Gasteiger partial charge in [-0.3, -0.25) is 9.88 Å². The number of ether oxygens (including phenoxy) is 3. The summed E-state index contributed by atoms with van der Waals surface area (Å²) in [6.07, 6.45) is 1.45. The standard InChI is InChI=1S/C41H41N3O5/c1-47-35-17-18-36-38(24-35)43-21-20-40(36)49-34-15-12-29(13-16-34)22-33(27-45)44(25-30-8-4-2-5-9-30)26-39(46)32-14-19-41(37(42)23-32)48-28-31-10-6-3-7-11-31/h2-21,23-24,33,39,45-46H,22,25-28,42H2,1H3/t33-,39-/m0/s1.